The number of rotatable bonds is 4. The fourth-order valence-corrected chi connectivity index (χ4v) is 3.24. The van der Waals surface area contributed by atoms with Crippen LogP contribution in [0.4, 0.5) is 0 Å². The van der Waals surface area contributed by atoms with Gasteiger partial charge >= 0.3 is 5.97 Å². The van der Waals surface area contributed by atoms with Gasteiger partial charge in [0.15, 0.2) is 0 Å². The predicted molar refractivity (Wildman–Crippen MR) is 68.0 cm³/mol. The molecule has 4 heteroatoms. The second-order valence-corrected chi connectivity index (χ2v) is 6.12. The first kappa shape index (κ1) is 13.4. The van der Waals surface area contributed by atoms with Crippen molar-refractivity contribution < 1.29 is 14.7 Å². The van der Waals surface area contributed by atoms with Gasteiger partial charge in [-0.25, -0.2) is 0 Å². The predicted octanol–water partition coefficient (Wildman–Crippen LogP) is 2.04. The van der Waals surface area contributed by atoms with E-state index in [0.29, 0.717) is 24.7 Å². The zero-order valence-electron chi connectivity index (χ0n) is 11.2. The van der Waals surface area contributed by atoms with Crippen LogP contribution < -0.4 is 5.32 Å². The van der Waals surface area contributed by atoms with E-state index < -0.39 is 11.9 Å². The summed E-state index contributed by atoms with van der Waals surface area (Å²) in [6.07, 6.45) is 4.96. The molecule has 102 valence electrons. The van der Waals surface area contributed by atoms with Crippen molar-refractivity contribution in [3.63, 3.8) is 0 Å². The Balaban J connectivity index is 1.92. The van der Waals surface area contributed by atoms with Crippen molar-refractivity contribution in [1.29, 1.82) is 0 Å². The van der Waals surface area contributed by atoms with Crippen LogP contribution in [0.2, 0.25) is 0 Å². The van der Waals surface area contributed by atoms with Crippen molar-refractivity contribution in [2.45, 2.75) is 52.0 Å². The van der Waals surface area contributed by atoms with Crippen LogP contribution in [-0.2, 0) is 9.59 Å². The summed E-state index contributed by atoms with van der Waals surface area (Å²) in [6.45, 7) is 4.06. The van der Waals surface area contributed by atoms with Gasteiger partial charge in [0, 0.05) is 6.04 Å². The minimum atomic E-state index is -0.823. The quantitative estimate of drug-likeness (QED) is 0.805. The van der Waals surface area contributed by atoms with E-state index >= 15 is 0 Å². The molecule has 0 aliphatic heterocycles. The molecule has 0 bridgehead atoms. The summed E-state index contributed by atoms with van der Waals surface area (Å²) in [5.41, 5.74) is 0. The van der Waals surface area contributed by atoms with Crippen LogP contribution >= 0.6 is 0 Å². The van der Waals surface area contributed by atoms with Gasteiger partial charge in [-0.1, -0.05) is 13.3 Å². The molecule has 4 nitrogen and oxygen atoms in total. The van der Waals surface area contributed by atoms with Crippen molar-refractivity contribution in [2.24, 2.45) is 23.7 Å². The molecule has 0 aromatic rings. The van der Waals surface area contributed by atoms with Crippen LogP contribution in [-0.4, -0.2) is 23.0 Å². The van der Waals surface area contributed by atoms with Gasteiger partial charge in [-0.05, 0) is 44.4 Å². The first-order valence-corrected chi connectivity index (χ1v) is 7.02. The van der Waals surface area contributed by atoms with Crippen molar-refractivity contribution in [2.75, 3.05) is 0 Å². The summed E-state index contributed by atoms with van der Waals surface area (Å²) in [5, 5.41) is 12.2. The summed E-state index contributed by atoms with van der Waals surface area (Å²) >= 11 is 0. The Morgan fingerprint density at radius 1 is 1.22 bits per heavy atom. The van der Waals surface area contributed by atoms with Gasteiger partial charge in [0.25, 0.3) is 0 Å². The summed E-state index contributed by atoms with van der Waals surface area (Å²) < 4.78 is 0. The lowest BCUT2D eigenvalue weighted by molar-refractivity contribution is -0.146. The van der Waals surface area contributed by atoms with Gasteiger partial charge in [-0.2, -0.15) is 0 Å². The minimum Gasteiger partial charge on any atom is -0.481 e. The van der Waals surface area contributed by atoms with Crippen LogP contribution in [0.25, 0.3) is 0 Å². The lowest BCUT2D eigenvalue weighted by atomic mass is 9.80. The van der Waals surface area contributed by atoms with Crippen LogP contribution in [0.3, 0.4) is 0 Å². The molecule has 0 radical (unpaired) electrons. The fourth-order valence-electron chi connectivity index (χ4n) is 3.24. The van der Waals surface area contributed by atoms with Gasteiger partial charge < -0.3 is 10.4 Å². The number of hydrogen-bond donors (Lipinski definition) is 2. The third-order valence-electron chi connectivity index (χ3n) is 4.68. The van der Waals surface area contributed by atoms with E-state index in [-0.39, 0.29) is 17.9 Å². The number of nitrogens with one attached hydrogen (secondary N) is 1. The van der Waals surface area contributed by atoms with E-state index in [0.717, 1.165) is 0 Å². The molecule has 0 aromatic heterocycles. The van der Waals surface area contributed by atoms with Gasteiger partial charge in [0.05, 0.1) is 11.8 Å². The maximum absolute atomic E-state index is 12.2. The van der Waals surface area contributed by atoms with Crippen LogP contribution in [0.5, 0.6) is 0 Å². The normalized spacial score (nSPS) is 33.8. The molecular formula is C14H23NO3. The molecule has 1 amide bonds. The molecule has 2 fully saturated rings. The average Bonchev–Trinajstić information content (AvgIpc) is 2.57. The SMILES string of the molecule is CC1C[C@H](C(=O)NC(C)C2CCC2)[C@H](C(=O)O)C1. The molecule has 2 rings (SSSR count). The minimum absolute atomic E-state index is 0.0499. The van der Waals surface area contributed by atoms with Gasteiger partial charge in [-0.15, -0.1) is 0 Å². The van der Waals surface area contributed by atoms with Crippen LogP contribution in [0.1, 0.15) is 46.0 Å². The first-order chi connectivity index (χ1) is 8.49. The number of aliphatic carboxylic acids is 1. The van der Waals surface area contributed by atoms with Crippen molar-refractivity contribution in [1.82, 2.24) is 5.32 Å². The summed E-state index contributed by atoms with van der Waals surface area (Å²) in [5.74, 6) is -0.771. The molecule has 2 saturated carbocycles. The highest BCUT2D eigenvalue weighted by atomic mass is 16.4. The fraction of sp³-hybridized carbons (Fsp3) is 0.857. The Labute approximate surface area is 108 Å². The Morgan fingerprint density at radius 3 is 2.33 bits per heavy atom. The average molecular weight is 253 g/mol. The van der Waals surface area contributed by atoms with E-state index in [2.05, 4.69) is 5.32 Å². The molecule has 2 unspecified atom stereocenters. The molecule has 2 aliphatic carbocycles. The number of carboxylic acid groups (broad SMARTS) is 1. The van der Waals surface area contributed by atoms with Crippen molar-refractivity contribution >= 4 is 11.9 Å². The zero-order chi connectivity index (χ0) is 13.3. The third-order valence-corrected chi connectivity index (χ3v) is 4.68. The Morgan fingerprint density at radius 2 is 1.83 bits per heavy atom. The summed E-state index contributed by atoms with van der Waals surface area (Å²) in [4.78, 5) is 23.4. The highest BCUT2D eigenvalue weighted by molar-refractivity contribution is 5.85. The Kier molecular flexibility index (Phi) is 3.93. The van der Waals surface area contributed by atoms with E-state index in [1.807, 2.05) is 13.8 Å². The second-order valence-electron chi connectivity index (χ2n) is 6.12. The number of amides is 1. The standard InChI is InChI=1S/C14H23NO3/c1-8-6-11(12(7-8)14(17)18)13(16)15-9(2)10-4-3-5-10/h8-12H,3-7H2,1-2H3,(H,15,16)(H,17,18)/t8?,9?,11-,12+/m0/s1. The third kappa shape index (κ3) is 2.68. The number of carbonyl (C=O) groups excluding carboxylic acids is 1. The highest BCUT2D eigenvalue weighted by Crippen LogP contribution is 2.37. The molecule has 0 saturated heterocycles. The van der Waals surface area contributed by atoms with Crippen LogP contribution in [0.15, 0.2) is 0 Å². The molecule has 2 N–H and O–H groups in total. The van der Waals surface area contributed by atoms with Crippen LogP contribution in [0, 0.1) is 23.7 Å². The highest BCUT2D eigenvalue weighted by Gasteiger charge is 2.41. The summed E-state index contributed by atoms with van der Waals surface area (Å²) in [7, 11) is 0. The molecule has 0 heterocycles. The number of hydrogen-bond acceptors (Lipinski definition) is 2. The lowest BCUT2D eigenvalue weighted by Gasteiger charge is -2.32. The molecule has 0 spiro atoms. The molecular weight excluding hydrogens is 230 g/mol. The lowest BCUT2D eigenvalue weighted by Crippen LogP contribution is -2.44. The largest absolute Gasteiger partial charge is 0.481 e. The van der Waals surface area contributed by atoms with E-state index in [1.165, 1.54) is 19.3 Å². The Bertz CT molecular complexity index is 338. The molecule has 4 atom stereocenters. The van der Waals surface area contributed by atoms with E-state index in [9.17, 15) is 14.7 Å². The van der Waals surface area contributed by atoms with E-state index in [1.54, 1.807) is 0 Å². The van der Waals surface area contributed by atoms with Crippen molar-refractivity contribution in [3.8, 4) is 0 Å². The van der Waals surface area contributed by atoms with Crippen molar-refractivity contribution in [3.05, 3.63) is 0 Å². The van der Waals surface area contributed by atoms with Gasteiger partial charge in [0.1, 0.15) is 0 Å². The van der Waals surface area contributed by atoms with E-state index in [4.69, 9.17) is 0 Å². The summed E-state index contributed by atoms with van der Waals surface area (Å²) in [6, 6.07) is 0.191. The molecule has 18 heavy (non-hydrogen) atoms. The second kappa shape index (κ2) is 5.29. The first-order valence-electron chi connectivity index (χ1n) is 7.02. The maximum Gasteiger partial charge on any atom is 0.307 e. The number of carboxylic acids is 1. The number of carbonyl (C=O) groups is 2. The monoisotopic (exact) mass is 253 g/mol. The smallest absolute Gasteiger partial charge is 0.307 e. The zero-order valence-corrected chi connectivity index (χ0v) is 11.2. The Hall–Kier alpha value is -1.06. The van der Waals surface area contributed by atoms with Gasteiger partial charge in [0.2, 0.25) is 5.91 Å². The topological polar surface area (TPSA) is 66.4 Å². The molecule has 0 aromatic carbocycles. The van der Waals surface area contributed by atoms with Gasteiger partial charge in [-0.3, -0.25) is 9.59 Å². The maximum atomic E-state index is 12.2. The molecule has 2 aliphatic rings.